The normalized spacial score (nSPS) is 10.9. The minimum Gasteiger partial charge on any atom is -0.466 e. The molecule has 0 bridgehead atoms. The van der Waals surface area contributed by atoms with Gasteiger partial charge in [-0.25, -0.2) is 4.98 Å². The fourth-order valence-corrected chi connectivity index (χ4v) is 4.12. The Bertz CT molecular complexity index is 966. The number of carbonyl (C=O) groups is 1. The summed E-state index contributed by atoms with van der Waals surface area (Å²) in [4.78, 5) is 16.2. The molecule has 0 spiro atoms. The van der Waals surface area contributed by atoms with Gasteiger partial charge in [-0.2, -0.15) is 0 Å². The van der Waals surface area contributed by atoms with E-state index in [1.165, 1.54) is 0 Å². The van der Waals surface area contributed by atoms with E-state index in [0.29, 0.717) is 13.0 Å². The fourth-order valence-electron chi connectivity index (χ4n) is 3.60. The molecule has 2 aromatic carbocycles. The van der Waals surface area contributed by atoms with Gasteiger partial charge in [-0.15, -0.1) is 0 Å². The molecule has 0 atom stereocenters. The standard InChI is InChI=1S/C25H28Br2N2O2/c1-2-31-23(30)8-6-4-3-5-7-17-29-18-28-24(19-9-13-21(26)14-10-19)25(29)20-11-15-22(27)16-12-20/h9-16,18H,2-8,17H2,1H3. The summed E-state index contributed by atoms with van der Waals surface area (Å²) < 4.78 is 9.37. The number of aryl methyl sites for hydroxylation is 1. The maximum Gasteiger partial charge on any atom is 0.305 e. The van der Waals surface area contributed by atoms with Crippen molar-refractivity contribution in [2.75, 3.05) is 6.61 Å². The minimum atomic E-state index is -0.0828. The molecule has 0 radical (unpaired) electrons. The van der Waals surface area contributed by atoms with E-state index >= 15 is 0 Å². The van der Waals surface area contributed by atoms with E-state index in [9.17, 15) is 4.79 Å². The molecule has 0 amide bonds. The van der Waals surface area contributed by atoms with Gasteiger partial charge >= 0.3 is 5.97 Å². The predicted octanol–water partition coefficient (Wildman–Crippen LogP) is 7.65. The van der Waals surface area contributed by atoms with Crippen LogP contribution in [-0.4, -0.2) is 22.1 Å². The highest BCUT2D eigenvalue weighted by Gasteiger charge is 2.15. The molecule has 1 heterocycles. The lowest BCUT2D eigenvalue weighted by Crippen LogP contribution is -2.03. The van der Waals surface area contributed by atoms with Crippen LogP contribution in [0, 0.1) is 0 Å². The molecule has 164 valence electrons. The highest BCUT2D eigenvalue weighted by atomic mass is 79.9. The summed E-state index contributed by atoms with van der Waals surface area (Å²) in [6, 6.07) is 16.7. The molecule has 0 saturated heterocycles. The minimum absolute atomic E-state index is 0.0828. The number of aromatic nitrogens is 2. The Balaban J connectivity index is 1.64. The van der Waals surface area contributed by atoms with Gasteiger partial charge in [-0.3, -0.25) is 4.79 Å². The smallest absolute Gasteiger partial charge is 0.305 e. The van der Waals surface area contributed by atoms with Crippen molar-refractivity contribution in [2.45, 2.75) is 52.0 Å². The molecule has 3 rings (SSSR count). The van der Waals surface area contributed by atoms with Gasteiger partial charge in [0.1, 0.15) is 0 Å². The van der Waals surface area contributed by atoms with Crippen molar-refractivity contribution in [3.8, 4) is 22.5 Å². The second-order valence-corrected chi connectivity index (χ2v) is 9.30. The Kier molecular flexibility index (Phi) is 9.34. The highest BCUT2D eigenvalue weighted by Crippen LogP contribution is 2.33. The van der Waals surface area contributed by atoms with Gasteiger partial charge in [-0.05, 0) is 44.0 Å². The lowest BCUT2D eigenvalue weighted by atomic mass is 10.0. The number of esters is 1. The lowest BCUT2D eigenvalue weighted by molar-refractivity contribution is -0.143. The number of carbonyl (C=O) groups excluding carboxylic acids is 1. The topological polar surface area (TPSA) is 44.1 Å². The summed E-state index contributed by atoms with van der Waals surface area (Å²) in [5, 5.41) is 0. The number of nitrogens with zero attached hydrogens (tertiary/aromatic N) is 2. The Morgan fingerprint density at radius 2 is 1.45 bits per heavy atom. The van der Waals surface area contributed by atoms with Crippen LogP contribution in [0.2, 0.25) is 0 Å². The van der Waals surface area contributed by atoms with Gasteiger partial charge in [0.15, 0.2) is 0 Å². The van der Waals surface area contributed by atoms with Crippen LogP contribution in [0.3, 0.4) is 0 Å². The van der Waals surface area contributed by atoms with Crippen LogP contribution in [0.25, 0.3) is 22.5 Å². The Hall–Kier alpha value is -1.92. The molecule has 0 aliphatic heterocycles. The van der Waals surface area contributed by atoms with E-state index in [1.807, 2.05) is 13.3 Å². The molecule has 0 aliphatic rings. The van der Waals surface area contributed by atoms with E-state index < -0.39 is 0 Å². The van der Waals surface area contributed by atoms with Gasteiger partial charge in [0.25, 0.3) is 0 Å². The van der Waals surface area contributed by atoms with E-state index in [0.717, 1.165) is 70.1 Å². The molecule has 0 N–H and O–H groups in total. The summed E-state index contributed by atoms with van der Waals surface area (Å²) in [5.74, 6) is -0.0828. The second kappa shape index (κ2) is 12.2. The first kappa shape index (κ1) is 23.7. The van der Waals surface area contributed by atoms with Crippen LogP contribution in [0.4, 0.5) is 0 Å². The third kappa shape index (κ3) is 7.04. The number of imidazole rings is 1. The maximum atomic E-state index is 11.4. The quantitative estimate of drug-likeness (QED) is 0.183. The maximum absolute atomic E-state index is 11.4. The van der Waals surface area contributed by atoms with Crippen LogP contribution >= 0.6 is 31.9 Å². The molecule has 3 aromatic rings. The van der Waals surface area contributed by atoms with Crippen LogP contribution in [-0.2, 0) is 16.1 Å². The molecule has 1 aromatic heterocycles. The Morgan fingerprint density at radius 1 is 0.871 bits per heavy atom. The first-order chi connectivity index (χ1) is 15.1. The molecular weight excluding hydrogens is 520 g/mol. The number of hydrogen-bond acceptors (Lipinski definition) is 3. The van der Waals surface area contributed by atoms with Gasteiger partial charge < -0.3 is 9.30 Å². The van der Waals surface area contributed by atoms with Gasteiger partial charge in [0.2, 0.25) is 0 Å². The van der Waals surface area contributed by atoms with Crippen molar-refractivity contribution in [1.82, 2.24) is 9.55 Å². The van der Waals surface area contributed by atoms with Crippen molar-refractivity contribution in [3.05, 3.63) is 63.8 Å². The van der Waals surface area contributed by atoms with Gasteiger partial charge in [-0.1, -0.05) is 75.4 Å². The molecule has 4 nitrogen and oxygen atoms in total. The average Bonchev–Trinajstić information content (AvgIpc) is 3.18. The molecule has 31 heavy (non-hydrogen) atoms. The largest absolute Gasteiger partial charge is 0.466 e. The SMILES string of the molecule is CCOC(=O)CCCCCCCn1cnc(-c2ccc(Br)cc2)c1-c1ccc(Br)cc1. The number of rotatable bonds is 11. The second-order valence-electron chi connectivity index (χ2n) is 7.47. The number of benzene rings is 2. The van der Waals surface area contributed by atoms with E-state index in [1.54, 1.807) is 0 Å². The zero-order chi connectivity index (χ0) is 22.1. The van der Waals surface area contributed by atoms with Crippen molar-refractivity contribution in [2.24, 2.45) is 0 Å². The van der Waals surface area contributed by atoms with Crippen molar-refractivity contribution in [1.29, 1.82) is 0 Å². The van der Waals surface area contributed by atoms with Crippen molar-refractivity contribution >= 4 is 37.8 Å². The zero-order valence-electron chi connectivity index (χ0n) is 17.8. The Labute approximate surface area is 201 Å². The van der Waals surface area contributed by atoms with Crippen LogP contribution in [0.5, 0.6) is 0 Å². The fraction of sp³-hybridized carbons (Fsp3) is 0.360. The Morgan fingerprint density at radius 3 is 2.10 bits per heavy atom. The molecule has 0 saturated carbocycles. The third-order valence-corrected chi connectivity index (χ3v) is 6.22. The van der Waals surface area contributed by atoms with Crippen LogP contribution < -0.4 is 0 Å². The summed E-state index contributed by atoms with van der Waals surface area (Å²) in [7, 11) is 0. The first-order valence-corrected chi connectivity index (χ1v) is 12.4. The molecule has 0 aliphatic carbocycles. The monoisotopic (exact) mass is 546 g/mol. The molecule has 0 fully saturated rings. The zero-order valence-corrected chi connectivity index (χ0v) is 21.0. The summed E-state index contributed by atoms with van der Waals surface area (Å²) in [6.45, 7) is 3.23. The van der Waals surface area contributed by atoms with Crippen molar-refractivity contribution < 1.29 is 9.53 Å². The molecular formula is C25H28Br2N2O2. The summed E-state index contributed by atoms with van der Waals surface area (Å²) >= 11 is 7.05. The van der Waals surface area contributed by atoms with Crippen molar-refractivity contribution in [3.63, 3.8) is 0 Å². The van der Waals surface area contributed by atoms with Gasteiger partial charge in [0.05, 0.1) is 24.3 Å². The number of halogens is 2. The summed E-state index contributed by atoms with van der Waals surface area (Å²) in [6.07, 6.45) is 7.79. The number of unbranched alkanes of at least 4 members (excludes halogenated alkanes) is 4. The number of ether oxygens (including phenoxy) is 1. The third-order valence-electron chi connectivity index (χ3n) is 5.16. The average molecular weight is 548 g/mol. The van der Waals surface area contributed by atoms with Crippen LogP contribution in [0.15, 0.2) is 63.8 Å². The highest BCUT2D eigenvalue weighted by molar-refractivity contribution is 9.10. The van der Waals surface area contributed by atoms with Gasteiger partial charge in [0, 0.05) is 33.0 Å². The molecule has 6 heteroatoms. The van der Waals surface area contributed by atoms with E-state index in [-0.39, 0.29) is 5.97 Å². The van der Waals surface area contributed by atoms with E-state index in [4.69, 9.17) is 9.72 Å². The summed E-state index contributed by atoms with van der Waals surface area (Å²) in [5.41, 5.74) is 4.42. The first-order valence-electron chi connectivity index (χ1n) is 10.8. The lowest BCUT2D eigenvalue weighted by Gasteiger charge is -2.11. The molecule has 0 unspecified atom stereocenters. The van der Waals surface area contributed by atoms with E-state index in [2.05, 4.69) is 85.0 Å². The van der Waals surface area contributed by atoms with Crippen LogP contribution in [0.1, 0.15) is 45.4 Å². The predicted molar refractivity (Wildman–Crippen MR) is 133 cm³/mol. The number of hydrogen-bond donors (Lipinski definition) is 0.